The highest BCUT2D eigenvalue weighted by molar-refractivity contribution is 5.82. The van der Waals surface area contributed by atoms with E-state index < -0.39 is 0 Å². The van der Waals surface area contributed by atoms with E-state index in [0.29, 0.717) is 18.9 Å². The largest absolute Gasteiger partial charge is 0.369 e. The lowest BCUT2D eigenvalue weighted by Gasteiger charge is -2.07. The van der Waals surface area contributed by atoms with Crippen LogP contribution in [0.25, 0.3) is 11.0 Å². The lowest BCUT2D eigenvalue weighted by molar-refractivity contribution is -0.120. The van der Waals surface area contributed by atoms with Crippen molar-refractivity contribution in [2.75, 3.05) is 12.8 Å². The monoisotopic (exact) mass is 232 g/mol. The van der Waals surface area contributed by atoms with Crippen LogP contribution in [0.15, 0.2) is 18.2 Å². The number of nitrogens with two attached hydrogens (primary N) is 1. The van der Waals surface area contributed by atoms with Gasteiger partial charge in [-0.3, -0.25) is 4.79 Å². The molecule has 2 rings (SSSR count). The van der Waals surface area contributed by atoms with Gasteiger partial charge in [-0.05, 0) is 18.6 Å². The Bertz CT molecular complexity index is 559. The smallest absolute Gasteiger partial charge is 0.221 e. The molecule has 0 aliphatic heterocycles. The minimum Gasteiger partial charge on any atom is -0.369 e. The lowest BCUT2D eigenvalue weighted by Crippen LogP contribution is -2.20. The normalized spacial score (nSPS) is 10.7. The van der Waals surface area contributed by atoms with Gasteiger partial charge in [0.1, 0.15) is 0 Å². The fraction of sp³-hybridized carbons (Fsp3) is 0.333. The molecule has 0 radical (unpaired) electrons. The summed E-state index contributed by atoms with van der Waals surface area (Å²) in [6.07, 6.45) is 0.403. The van der Waals surface area contributed by atoms with Gasteiger partial charge in [-0.1, -0.05) is 12.1 Å². The summed E-state index contributed by atoms with van der Waals surface area (Å²) in [5.74, 6) is 0.457. The maximum atomic E-state index is 11.3. The van der Waals surface area contributed by atoms with Gasteiger partial charge in [-0.2, -0.15) is 0 Å². The summed E-state index contributed by atoms with van der Waals surface area (Å²) in [5.41, 5.74) is 8.87. The number of fused-ring (bicyclic) bond motifs is 1. The highest BCUT2D eigenvalue weighted by Crippen LogP contribution is 2.21. The van der Waals surface area contributed by atoms with Crippen LogP contribution in [0.1, 0.15) is 12.0 Å². The van der Waals surface area contributed by atoms with Crippen LogP contribution < -0.4 is 11.1 Å². The van der Waals surface area contributed by atoms with Crippen molar-refractivity contribution in [1.29, 1.82) is 0 Å². The second kappa shape index (κ2) is 4.45. The Morgan fingerprint density at radius 3 is 3.00 bits per heavy atom. The Morgan fingerprint density at radius 1 is 1.53 bits per heavy atom. The van der Waals surface area contributed by atoms with E-state index >= 15 is 0 Å². The molecule has 3 N–H and O–H groups in total. The maximum absolute atomic E-state index is 11.3. The number of para-hydroxylation sites is 1. The number of aryl methyl sites for hydroxylation is 2. The number of nitrogens with one attached hydrogen (secondary N) is 1. The highest BCUT2D eigenvalue weighted by atomic mass is 16.1. The predicted molar refractivity (Wildman–Crippen MR) is 67.6 cm³/mol. The molecular weight excluding hydrogens is 216 g/mol. The van der Waals surface area contributed by atoms with Crippen LogP contribution in [-0.4, -0.2) is 22.5 Å². The number of rotatable bonds is 3. The van der Waals surface area contributed by atoms with Gasteiger partial charge in [-0.15, -0.1) is 0 Å². The number of hydrogen-bond acceptors (Lipinski definition) is 3. The molecule has 0 saturated carbocycles. The second-order valence-electron chi connectivity index (χ2n) is 3.99. The predicted octanol–water partition coefficient (Wildman–Crippen LogP) is 1.06. The molecule has 5 nitrogen and oxygen atoms in total. The van der Waals surface area contributed by atoms with Gasteiger partial charge < -0.3 is 15.6 Å². The SMILES string of the molecule is CNC(=O)CCn1c(N)nc2cccc(C)c21. The van der Waals surface area contributed by atoms with Gasteiger partial charge >= 0.3 is 0 Å². The summed E-state index contributed by atoms with van der Waals surface area (Å²) in [6.45, 7) is 2.56. The molecule has 5 heteroatoms. The van der Waals surface area contributed by atoms with Crippen molar-refractivity contribution in [3.63, 3.8) is 0 Å². The second-order valence-corrected chi connectivity index (χ2v) is 3.99. The minimum atomic E-state index is -0.000154. The molecule has 0 fully saturated rings. The van der Waals surface area contributed by atoms with E-state index in [1.807, 2.05) is 29.7 Å². The van der Waals surface area contributed by atoms with Gasteiger partial charge in [0.25, 0.3) is 0 Å². The van der Waals surface area contributed by atoms with Crippen molar-refractivity contribution in [3.05, 3.63) is 23.8 Å². The Kier molecular flexibility index (Phi) is 2.99. The molecule has 1 aromatic carbocycles. The summed E-state index contributed by atoms with van der Waals surface area (Å²) in [4.78, 5) is 15.5. The molecule has 0 unspecified atom stereocenters. The van der Waals surface area contributed by atoms with Crippen molar-refractivity contribution < 1.29 is 4.79 Å². The number of nitrogens with zero attached hydrogens (tertiary/aromatic N) is 2. The topological polar surface area (TPSA) is 72.9 Å². The third kappa shape index (κ3) is 2.08. The van der Waals surface area contributed by atoms with Gasteiger partial charge in [0.05, 0.1) is 11.0 Å². The Balaban J connectivity index is 2.39. The van der Waals surface area contributed by atoms with E-state index in [1.54, 1.807) is 7.05 Å². The molecule has 0 saturated heterocycles. The van der Waals surface area contributed by atoms with Crippen LogP contribution in [0.2, 0.25) is 0 Å². The molecule has 0 bridgehead atoms. The number of imidazole rings is 1. The molecule has 1 heterocycles. The molecule has 1 amide bonds. The molecule has 0 aliphatic carbocycles. The van der Waals surface area contributed by atoms with Crippen LogP contribution >= 0.6 is 0 Å². The number of nitrogen functional groups attached to an aromatic ring is 1. The lowest BCUT2D eigenvalue weighted by atomic mass is 10.2. The fourth-order valence-electron chi connectivity index (χ4n) is 1.95. The molecule has 17 heavy (non-hydrogen) atoms. The van der Waals surface area contributed by atoms with Crippen LogP contribution in [0.3, 0.4) is 0 Å². The first kappa shape index (κ1) is 11.4. The fourth-order valence-corrected chi connectivity index (χ4v) is 1.95. The minimum absolute atomic E-state index is 0.000154. The van der Waals surface area contributed by atoms with Crippen molar-refractivity contribution in [3.8, 4) is 0 Å². The number of carbonyl (C=O) groups is 1. The van der Waals surface area contributed by atoms with Crippen LogP contribution in [0.5, 0.6) is 0 Å². The van der Waals surface area contributed by atoms with E-state index in [2.05, 4.69) is 10.3 Å². The number of hydrogen-bond donors (Lipinski definition) is 2. The number of carbonyl (C=O) groups excluding carboxylic acids is 1. The van der Waals surface area contributed by atoms with Gasteiger partial charge in [-0.25, -0.2) is 4.98 Å². The molecule has 1 aromatic heterocycles. The van der Waals surface area contributed by atoms with E-state index in [-0.39, 0.29) is 5.91 Å². The van der Waals surface area contributed by atoms with Crippen molar-refractivity contribution in [1.82, 2.24) is 14.9 Å². The molecule has 2 aromatic rings. The Hall–Kier alpha value is -2.04. The van der Waals surface area contributed by atoms with E-state index in [0.717, 1.165) is 16.6 Å². The third-order valence-corrected chi connectivity index (χ3v) is 2.84. The number of benzene rings is 1. The summed E-state index contributed by atoms with van der Waals surface area (Å²) < 4.78 is 1.89. The van der Waals surface area contributed by atoms with E-state index in [4.69, 9.17) is 5.73 Å². The number of aromatic nitrogens is 2. The average molecular weight is 232 g/mol. The molecule has 0 atom stereocenters. The van der Waals surface area contributed by atoms with Crippen molar-refractivity contribution >= 4 is 22.9 Å². The highest BCUT2D eigenvalue weighted by Gasteiger charge is 2.10. The summed E-state index contributed by atoms with van der Waals surface area (Å²) in [6, 6.07) is 5.89. The Labute approximate surface area is 99.6 Å². The van der Waals surface area contributed by atoms with Crippen molar-refractivity contribution in [2.45, 2.75) is 19.9 Å². The Morgan fingerprint density at radius 2 is 2.29 bits per heavy atom. The van der Waals surface area contributed by atoms with Crippen LogP contribution in [0.4, 0.5) is 5.95 Å². The zero-order valence-electron chi connectivity index (χ0n) is 10.0. The summed E-state index contributed by atoms with van der Waals surface area (Å²) >= 11 is 0. The van der Waals surface area contributed by atoms with Gasteiger partial charge in [0.2, 0.25) is 11.9 Å². The molecular formula is C12H16N4O. The molecule has 90 valence electrons. The quantitative estimate of drug-likeness (QED) is 0.831. The van der Waals surface area contributed by atoms with E-state index in [9.17, 15) is 4.79 Å². The maximum Gasteiger partial charge on any atom is 0.221 e. The first-order chi connectivity index (χ1) is 8.13. The van der Waals surface area contributed by atoms with E-state index in [1.165, 1.54) is 0 Å². The molecule has 0 aliphatic rings. The van der Waals surface area contributed by atoms with Gasteiger partial charge in [0.15, 0.2) is 0 Å². The average Bonchev–Trinajstić information content (AvgIpc) is 2.63. The summed E-state index contributed by atoms with van der Waals surface area (Å²) in [5, 5.41) is 2.60. The third-order valence-electron chi connectivity index (χ3n) is 2.84. The first-order valence-corrected chi connectivity index (χ1v) is 5.55. The first-order valence-electron chi connectivity index (χ1n) is 5.55. The van der Waals surface area contributed by atoms with Crippen LogP contribution in [0, 0.1) is 6.92 Å². The zero-order chi connectivity index (χ0) is 12.4. The van der Waals surface area contributed by atoms with Crippen molar-refractivity contribution in [2.24, 2.45) is 0 Å². The van der Waals surface area contributed by atoms with Gasteiger partial charge in [0, 0.05) is 20.0 Å². The van der Waals surface area contributed by atoms with Crippen LogP contribution in [-0.2, 0) is 11.3 Å². The molecule has 0 spiro atoms. The summed E-state index contributed by atoms with van der Waals surface area (Å²) in [7, 11) is 1.63. The number of anilines is 1. The number of amides is 1. The zero-order valence-corrected chi connectivity index (χ0v) is 10.0. The standard InChI is InChI=1S/C12H16N4O/c1-8-4-3-5-9-11(8)16(12(13)15-9)7-6-10(17)14-2/h3-5H,6-7H2,1-2H3,(H2,13,15)(H,14,17).